The van der Waals surface area contributed by atoms with Gasteiger partial charge in [0, 0.05) is 23.7 Å². The van der Waals surface area contributed by atoms with Gasteiger partial charge in [0.1, 0.15) is 12.1 Å². The molecule has 112 valence electrons. The SMILES string of the molecule is CC(CNc1ncnc2cc(N)ccc12)N1CCCCC1. The first kappa shape index (κ1) is 14.1. The van der Waals surface area contributed by atoms with E-state index >= 15 is 0 Å². The first-order valence-corrected chi connectivity index (χ1v) is 7.72. The minimum atomic E-state index is 0.518. The van der Waals surface area contributed by atoms with Crippen molar-refractivity contribution in [3.05, 3.63) is 24.5 Å². The Morgan fingerprint density at radius 3 is 2.86 bits per heavy atom. The number of nitrogens with two attached hydrogens (primary N) is 1. The summed E-state index contributed by atoms with van der Waals surface area (Å²) in [7, 11) is 0. The average Bonchev–Trinajstić information content (AvgIpc) is 2.53. The van der Waals surface area contributed by atoms with E-state index in [1.807, 2.05) is 18.2 Å². The van der Waals surface area contributed by atoms with Crippen LogP contribution in [0.25, 0.3) is 10.9 Å². The number of fused-ring (bicyclic) bond motifs is 1. The lowest BCUT2D eigenvalue weighted by Gasteiger charge is -2.32. The molecule has 1 aromatic carbocycles. The molecular weight excluding hydrogens is 262 g/mol. The van der Waals surface area contributed by atoms with Crippen molar-refractivity contribution in [2.75, 3.05) is 30.7 Å². The molecule has 1 aliphatic rings. The van der Waals surface area contributed by atoms with Crippen LogP contribution in [0.2, 0.25) is 0 Å². The van der Waals surface area contributed by atoms with E-state index in [0.717, 1.165) is 29.0 Å². The highest BCUT2D eigenvalue weighted by molar-refractivity contribution is 5.90. The lowest BCUT2D eigenvalue weighted by Crippen LogP contribution is -2.41. The molecular formula is C16H23N5. The van der Waals surface area contributed by atoms with Crippen molar-refractivity contribution in [3.63, 3.8) is 0 Å². The molecule has 0 aliphatic carbocycles. The van der Waals surface area contributed by atoms with Gasteiger partial charge in [-0.15, -0.1) is 0 Å². The Kier molecular flexibility index (Phi) is 4.20. The van der Waals surface area contributed by atoms with Crippen LogP contribution in [0.4, 0.5) is 11.5 Å². The molecule has 3 N–H and O–H groups in total. The summed E-state index contributed by atoms with van der Waals surface area (Å²) in [6.07, 6.45) is 5.60. The van der Waals surface area contributed by atoms with Gasteiger partial charge in [0.2, 0.25) is 0 Å². The van der Waals surface area contributed by atoms with Crippen LogP contribution in [0.15, 0.2) is 24.5 Å². The second kappa shape index (κ2) is 6.26. The molecule has 1 fully saturated rings. The topological polar surface area (TPSA) is 67.1 Å². The van der Waals surface area contributed by atoms with Crippen molar-refractivity contribution in [2.24, 2.45) is 0 Å². The third-order valence-electron chi connectivity index (χ3n) is 4.24. The smallest absolute Gasteiger partial charge is 0.137 e. The maximum absolute atomic E-state index is 5.81. The molecule has 2 heterocycles. The van der Waals surface area contributed by atoms with Gasteiger partial charge in [-0.05, 0) is 51.1 Å². The molecule has 1 aromatic heterocycles. The van der Waals surface area contributed by atoms with Crippen LogP contribution in [0.5, 0.6) is 0 Å². The van der Waals surface area contributed by atoms with E-state index in [2.05, 4.69) is 27.1 Å². The Morgan fingerprint density at radius 2 is 2.05 bits per heavy atom. The third-order valence-corrected chi connectivity index (χ3v) is 4.24. The number of hydrogen-bond donors (Lipinski definition) is 2. The number of anilines is 2. The number of nitrogen functional groups attached to an aromatic ring is 1. The summed E-state index contributed by atoms with van der Waals surface area (Å²) in [6.45, 7) is 5.60. The highest BCUT2D eigenvalue weighted by Gasteiger charge is 2.16. The molecule has 1 saturated heterocycles. The van der Waals surface area contributed by atoms with Crippen molar-refractivity contribution in [3.8, 4) is 0 Å². The quantitative estimate of drug-likeness (QED) is 0.845. The van der Waals surface area contributed by atoms with Crippen molar-refractivity contribution >= 4 is 22.4 Å². The summed E-state index contributed by atoms with van der Waals surface area (Å²) >= 11 is 0. The normalized spacial score (nSPS) is 17.8. The second-order valence-corrected chi connectivity index (χ2v) is 5.83. The number of nitrogens with zero attached hydrogens (tertiary/aromatic N) is 3. The average molecular weight is 285 g/mol. The number of piperidine rings is 1. The molecule has 0 spiro atoms. The lowest BCUT2D eigenvalue weighted by atomic mass is 10.1. The van der Waals surface area contributed by atoms with Gasteiger partial charge in [0.15, 0.2) is 0 Å². The van der Waals surface area contributed by atoms with E-state index in [1.165, 1.54) is 32.4 Å². The third kappa shape index (κ3) is 3.24. The molecule has 0 amide bonds. The van der Waals surface area contributed by atoms with Crippen LogP contribution in [-0.2, 0) is 0 Å². The lowest BCUT2D eigenvalue weighted by molar-refractivity contribution is 0.180. The number of nitrogens with one attached hydrogen (secondary N) is 1. The molecule has 21 heavy (non-hydrogen) atoms. The van der Waals surface area contributed by atoms with Crippen LogP contribution in [-0.4, -0.2) is 40.5 Å². The number of aromatic nitrogens is 2. The van der Waals surface area contributed by atoms with Gasteiger partial charge in [0.05, 0.1) is 5.52 Å². The van der Waals surface area contributed by atoms with Crippen LogP contribution >= 0.6 is 0 Å². The van der Waals surface area contributed by atoms with Gasteiger partial charge in [-0.2, -0.15) is 0 Å². The molecule has 0 bridgehead atoms. The van der Waals surface area contributed by atoms with Gasteiger partial charge >= 0.3 is 0 Å². The second-order valence-electron chi connectivity index (χ2n) is 5.83. The van der Waals surface area contributed by atoms with E-state index in [0.29, 0.717) is 6.04 Å². The van der Waals surface area contributed by atoms with Gasteiger partial charge in [-0.25, -0.2) is 9.97 Å². The van der Waals surface area contributed by atoms with Crippen molar-refractivity contribution in [1.82, 2.24) is 14.9 Å². The van der Waals surface area contributed by atoms with Crippen LogP contribution in [0.3, 0.4) is 0 Å². The van der Waals surface area contributed by atoms with Gasteiger partial charge in [0.25, 0.3) is 0 Å². The Bertz CT molecular complexity index is 607. The first-order chi connectivity index (χ1) is 10.2. The van der Waals surface area contributed by atoms with Crippen molar-refractivity contribution in [2.45, 2.75) is 32.2 Å². The van der Waals surface area contributed by atoms with Gasteiger partial charge in [-0.3, -0.25) is 4.90 Å². The summed E-state index contributed by atoms with van der Waals surface area (Å²) in [4.78, 5) is 11.2. The van der Waals surface area contributed by atoms with Gasteiger partial charge < -0.3 is 11.1 Å². The van der Waals surface area contributed by atoms with E-state index in [1.54, 1.807) is 6.33 Å². The molecule has 0 saturated carbocycles. The summed E-state index contributed by atoms with van der Waals surface area (Å²) in [6, 6.07) is 6.28. The highest BCUT2D eigenvalue weighted by atomic mass is 15.2. The molecule has 5 nitrogen and oxygen atoms in total. The summed E-state index contributed by atoms with van der Waals surface area (Å²) in [5.74, 6) is 0.892. The van der Waals surface area contributed by atoms with Crippen molar-refractivity contribution in [1.29, 1.82) is 0 Å². The Labute approximate surface area is 125 Å². The minimum absolute atomic E-state index is 0.518. The predicted octanol–water partition coefficient (Wildman–Crippen LogP) is 2.50. The fourth-order valence-electron chi connectivity index (χ4n) is 2.95. The zero-order chi connectivity index (χ0) is 14.7. The molecule has 2 aromatic rings. The zero-order valence-electron chi connectivity index (χ0n) is 12.5. The Balaban J connectivity index is 1.70. The Morgan fingerprint density at radius 1 is 1.24 bits per heavy atom. The fourth-order valence-corrected chi connectivity index (χ4v) is 2.95. The summed E-state index contributed by atoms with van der Waals surface area (Å²) in [5, 5.41) is 4.50. The van der Waals surface area contributed by atoms with E-state index < -0.39 is 0 Å². The molecule has 1 aliphatic heterocycles. The Hall–Kier alpha value is -1.88. The number of benzene rings is 1. The molecule has 5 heteroatoms. The fraction of sp³-hybridized carbons (Fsp3) is 0.500. The van der Waals surface area contributed by atoms with Crippen LogP contribution in [0.1, 0.15) is 26.2 Å². The van der Waals surface area contributed by atoms with E-state index in [4.69, 9.17) is 5.73 Å². The summed E-state index contributed by atoms with van der Waals surface area (Å²) < 4.78 is 0. The molecule has 1 unspecified atom stereocenters. The van der Waals surface area contributed by atoms with E-state index in [9.17, 15) is 0 Å². The maximum atomic E-state index is 5.81. The summed E-state index contributed by atoms with van der Waals surface area (Å²) in [5.41, 5.74) is 7.42. The van der Waals surface area contributed by atoms with Crippen LogP contribution in [0, 0.1) is 0 Å². The standard InChI is InChI=1S/C16H23N5/c1-12(21-7-3-2-4-8-21)10-18-16-14-6-5-13(17)9-15(14)19-11-20-16/h5-6,9,11-12H,2-4,7-8,10,17H2,1H3,(H,18,19,20). The highest BCUT2D eigenvalue weighted by Crippen LogP contribution is 2.21. The van der Waals surface area contributed by atoms with E-state index in [-0.39, 0.29) is 0 Å². The number of hydrogen-bond acceptors (Lipinski definition) is 5. The molecule has 1 atom stereocenters. The molecule has 3 rings (SSSR count). The largest absolute Gasteiger partial charge is 0.399 e. The zero-order valence-corrected chi connectivity index (χ0v) is 12.5. The molecule has 0 radical (unpaired) electrons. The van der Waals surface area contributed by atoms with Gasteiger partial charge in [-0.1, -0.05) is 6.42 Å². The minimum Gasteiger partial charge on any atom is -0.399 e. The van der Waals surface area contributed by atoms with Crippen LogP contribution < -0.4 is 11.1 Å². The number of likely N-dealkylation sites (tertiary alicyclic amines) is 1. The first-order valence-electron chi connectivity index (χ1n) is 7.72. The maximum Gasteiger partial charge on any atom is 0.137 e. The predicted molar refractivity (Wildman–Crippen MR) is 87.3 cm³/mol. The monoisotopic (exact) mass is 285 g/mol. The number of rotatable bonds is 4. The van der Waals surface area contributed by atoms with Crippen molar-refractivity contribution < 1.29 is 0 Å².